The van der Waals surface area contributed by atoms with Crippen molar-refractivity contribution in [2.45, 2.75) is 13.5 Å². The van der Waals surface area contributed by atoms with E-state index in [4.69, 9.17) is 5.73 Å². The number of hydrogen-bond acceptors (Lipinski definition) is 4. The van der Waals surface area contributed by atoms with Crippen LogP contribution in [-0.2, 0) is 6.54 Å². The molecule has 0 radical (unpaired) electrons. The van der Waals surface area contributed by atoms with Crippen LogP contribution in [0.4, 0.5) is 11.5 Å². The molecule has 0 atom stereocenters. The average Bonchev–Trinajstić information content (AvgIpc) is 2.80. The number of nitrogens with one attached hydrogen (secondary N) is 1. The van der Waals surface area contributed by atoms with Gasteiger partial charge in [0.1, 0.15) is 5.82 Å². The smallest absolute Gasteiger partial charge is 0.259 e. The molecule has 3 N–H and O–H groups in total. The summed E-state index contributed by atoms with van der Waals surface area (Å²) >= 11 is 3.25. The molecule has 2 aromatic rings. The summed E-state index contributed by atoms with van der Waals surface area (Å²) in [6, 6.07) is 1.63. The van der Waals surface area contributed by atoms with Crippen LogP contribution in [0.2, 0.25) is 0 Å². The van der Waals surface area contributed by atoms with Gasteiger partial charge in [0.2, 0.25) is 0 Å². The third-order valence-corrected chi connectivity index (χ3v) is 2.78. The summed E-state index contributed by atoms with van der Waals surface area (Å²) in [4.78, 5) is 15.9. The van der Waals surface area contributed by atoms with E-state index in [0.29, 0.717) is 15.7 Å². The highest BCUT2D eigenvalue weighted by atomic mass is 79.9. The maximum atomic E-state index is 12.0. The first-order valence-electron chi connectivity index (χ1n) is 5.35. The van der Waals surface area contributed by atoms with Gasteiger partial charge in [0.25, 0.3) is 5.91 Å². The van der Waals surface area contributed by atoms with Gasteiger partial charge in [0, 0.05) is 23.4 Å². The van der Waals surface area contributed by atoms with Crippen molar-refractivity contribution in [3.63, 3.8) is 0 Å². The van der Waals surface area contributed by atoms with Crippen molar-refractivity contribution in [2.24, 2.45) is 0 Å². The molecular formula is C11H12BrN5O. The van der Waals surface area contributed by atoms with Gasteiger partial charge in [-0.15, -0.1) is 0 Å². The van der Waals surface area contributed by atoms with Crippen molar-refractivity contribution in [2.75, 3.05) is 11.1 Å². The zero-order valence-electron chi connectivity index (χ0n) is 9.72. The number of carbonyl (C=O) groups excluding carboxylic acids is 1. The second-order valence-electron chi connectivity index (χ2n) is 3.63. The van der Waals surface area contributed by atoms with E-state index in [1.54, 1.807) is 29.3 Å². The maximum Gasteiger partial charge on any atom is 0.259 e. The molecule has 0 saturated carbocycles. The van der Waals surface area contributed by atoms with Crippen LogP contribution in [0.25, 0.3) is 0 Å². The maximum absolute atomic E-state index is 12.0. The van der Waals surface area contributed by atoms with Gasteiger partial charge in [-0.25, -0.2) is 4.98 Å². The van der Waals surface area contributed by atoms with Gasteiger partial charge in [0.15, 0.2) is 0 Å². The van der Waals surface area contributed by atoms with E-state index in [2.05, 4.69) is 31.3 Å². The Morgan fingerprint density at radius 1 is 1.56 bits per heavy atom. The Bertz CT molecular complexity index is 581. The van der Waals surface area contributed by atoms with Crippen LogP contribution < -0.4 is 11.1 Å². The van der Waals surface area contributed by atoms with E-state index >= 15 is 0 Å². The highest BCUT2D eigenvalue weighted by Crippen LogP contribution is 2.17. The Labute approximate surface area is 112 Å². The number of pyridine rings is 1. The van der Waals surface area contributed by atoms with Gasteiger partial charge in [-0.3, -0.25) is 9.48 Å². The fourth-order valence-electron chi connectivity index (χ4n) is 1.43. The monoisotopic (exact) mass is 309 g/mol. The minimum absolute atomic E-state index is 0.193. The Kier molecular flexibility index (Phi) is 3.61. The van der Waals surface area contributed by atoms with Gasteiger partial charge in [-0.2, -0.15) is 5.10 Å². The summed E-state index contributed by atoms with van der Waals surface area (Å²) in [5.74, 6) is -0.115. The van der Waals surface area contributed by atoms with Crippen LogP contribution in [0.5, 0.6) is 0 Å². The standard InChI is InChI=1S/C11H12BrN5O/c1-2-17-6-8(5-15-17)16-11(18)9-3-7(12)4-14-10(9)13/h3-6H,2H2,1H3,(H2,13,14)(H,16,18). The normalized spacial score (nSPS) is 10.3. The summed E-state index contributed by atoms with van der Waals surface area (Å²) in [6.45, 7) is 2.71. The molecule has 2 heterocycles. The van der Waals surface area contributed by atoms with Gasteiger partial charge < -0.3 is 11.1 Å². The molecule has 2 rings (SSSR count). The molecule has 0 fully saturated rings. The van der Waals surface area contributed by atoms with Crippen LogP contribution in [0, 0.1) is 0 Å². The molecule has 0 aromatic carbocycles. The highest BCUT2D eigenvalue weighted by Gasteiger charge is 2.12. The van der Waals surface area contributed by atoms with Crippen molar-refractivity contribution >= 4 is 33.3 Å². The Morgan fingerprint density at radius 3 is 3.00 bits per heavy atom. The lowest BCUT2D eigenvalue weighted by molar-refractivity contribution is 0.102. The first-order chi connectivity index (χ1) is 8.60. The second-order valence-corrected chi connectivity index (χ2v) is 4.54. The summed E-state index contributed by atoms with van der Waals surface area (Å²) in [5.41, 5.74) is 6.62. The van der Waals surface area contributed by atoms with Crippen molar-refractivity contribution < 1.29 is 4.79 Å². The van der Waals surface area contributed by atoms with Gasteiger partial charge in [0.05, 0.1) is 17.4 Å². The van der Waals surface area contributed by atoms with E-state index in [1.165, 1.54) is 0 Å². The lowest BCUT2D eigenvalue weighted by atomic mass is 10.2. The van der Waals surface area contributed by atoms with Crippen LogP contribution in [0.15, 0.2) is 29.1 Å². The van der Waals surface area contributed by atoms with E-state index in [1.807, 2.05) is 6.92 Å². The molecule has 6 nitrogen and oxygen atoms in total. The van der Waals surface area contributed by atoms with Gasteiger partial charge in [-0.1, -0.05) is 0 Å². The molecule has 2 aromatic heterocycles. The molecule has 0 unspecified atom stereocenters. The number of aryl methyl sites for hydroxylation is 1. The summed E-state index contributed by atoms with van der Waals surface area (Å²) in [5, 5.41) is 6.79. The van der Waals surface area contributed by atoms with E-state index in [0.717, 1.165) is 6.54 Å². The first-order valence-corrected chi connectivity index (χ1v) is 6.14. The Morgan fingerprint density at radius 2 is 2.33 bits per heavy atom. The quantitative estimate of drug-likeness (QED) is 0.906. The highest BCUT2D eigenvalue weighted by molar-refractivity contribution is 9.10. The molecule has 0 aliphatic heterocycles. The van der Waals surface area contributed by atoms with Crippen molar-refractivity contribution in [1.82, 2.24) is 14.8 Å². The predicted molar refractivity (Wildman–Crippen MR) is 72.2 cm³/mol. The number of nitrogens with zero attached hydrogens (tertiary/aromatic N) is 3. The number of carbonyl (C=O) groups is 1. The first kappa shape index (κ1) is 12.6. The zero-order valence-corrected chi connectivity index (χ0v) is 11.3. The largest absolute Gasteiger partial charge is 0.383 e. The van der Waals surface area contributed by atoms with Crippen LogP contribution in [0.1, 0.15) is 17.3 Å². The zero-order chi connectivity index (χ0) is 13.1. The molecule has 94 valence electrons. The van der Waals surface area contributed by atoms with Gasteiger partial charge >= 0.3 is 0 Å². The lowest BCUT2D eigenvalue weighted by Gasteiger charge is -2.05. The SMILES string of the molecule is CCn1cc(NC(=O)c2cc(Br)cnc2N)cn1. The molecule has 0 spiro atoms. The Hall–Kier alpha value is -1.89. The fraction of sp³-hybridized carbons (Fsp3) is 0.182. The number of halogens is 1. The lowest BCUT2D eigenvalue weighted by Crippen LogP contribution is -2.14. The number of hydrogen-bond donors (Lipinski definition) is 2. The second kappa shape index (κ2) is 5.18. The van der Waals surface area contributed by atoms with Gasteiger partial charge in [-0.05, 0) is 28.9 Å². The van der Waals surface area contributed by atoms with E-state index in [9.17, 15) is 4.79 Å². The van der Waals surface area contributed by atoms with Crippen molar-refractivity contribution in [3.05, 3.63) is 34.7 Å². The molecule has 1 amide bonds. The molecule has 7 heteroatoms. The molecule has 0 aliphatic carbocycles. The minimum atomic E-state index is -0.308. The number of amides is 1. The van der Waals surface area contributed by atoms with Crippen molar-refractivity contribution in [3.8, 4) is 0 Å². The molecular weight excluding hydrogens is 298 g/mol. The topological polar surface area (TPSA) is 85.8 Å². The molecule has 0 saturated heterocycles. The van der Waals surface area contributed by atoms with Crippen LogP contribution in [-0.4, -0.2) is 20.7 Å². The summed E-state index contributed by atoms with van der Waals surface area (Å²) < 4.78 is 2.42. The summed E-state index contributed by atoms with van der Waals surface area (Å²) in [6.07, 6.45) is 4.88. The number of nitrogen functional groups attached to an aromatic ring is 1. The number of aromatic nitrogens is 3. The third kappa shape index (κ3) is 2.67. The summed E-state index contributed by atoms with van der Waals surface area (Å²) in [7, 11) is 0. The Balaban J connectivity index is 2.19. The third-order valence-electron chi connectivity index (χ3n) is 2.34. The number of nitrogens with two attached hydrogens (primary N) is 1. The van der Waals surface area contributed by atoms with Crippen LogP contribution in [0.3, 0.4) is 0 Å². The van der Waals surface area contributed by atoms with E-state index in [-0.39, 0.29) is 11.7 Å². The van der Waals surface area contributed by atoms with Crippen molar-refractivity contribution in [1.29, 1.82) is 0 Å². The average molecular weight is 310 g/mol. The van der Waals surface area contributed by atoms with E-state index < -0.39 is 0 Å². The molecule has 0 bridgehead atoms. The number of anilines is 2. The number of rotatable bonds is 3. The predicted octanol–water partition coefficient (Wildman–Crippen LogP) is 1.89. The molecule has 0 aliphatic rings. The van der Waals surface area contributed by atoms with Crippen LogP contribution >= 0.6 is 15.9 Å². The minimum Gasteiger partial charge on any atom is -0.383 e. The molecule has 18 heavy (non-hydrogen) atoms. The fourth-order valence-corrected chi connectivity index (χ4v) is 1.76.